The van der Waals surface area contributed by atoms with Crippen molar-refractivity contribution < 1.29 is 19.4 Å². The van der Waals surface area contributed by atoms with Crippen molar-refractivity contribution in [2.75, 3.05) is 12.0 Å². The van der Waals surface area contributed by atoms with Crippen molar-refractivity contribution in [1.29, 1.82) is 0 Å². The number of anilines is 1. The van der Waals surface area contributed by atoms with E-state index in [1.807, 2.05) is 57.2 Å². The number of carbonyl (C=O) groups is 2. The van der Waals surface area contributed by atoms with Crippen LogP contribution < -0.4 is 9.64 Å². The van der Waals surface area contributed by atoms with E-state index in [0.29, 0.717) is 22.0 Å². The van der Waals surface area contributed by atoms with E-state index in [0.717, 1.165) is 26.9 Å². The van der Waals surface area contributed by atoms with Gasteiger partial charge in [0, 0.05) is 11.1 Å². The number of benzene rings is 3. The fraction of sp³-hybridized carbons (Fsp3) is 0.179. The maximum absolute atomic E-state index is 13.5. The second kappa shape index (κ2) is 8.67. The summed E-state index contributed by atoms with van der Waals surface area (Å²) in [4.78, 5) is 33.0. The smallest absolute Gasteiger partial charge is 0.301 e. The zero-order valence-electron chi connectivity index (χ0n) is 19.8. The molecule has 1 saturated heterocycles. The highest BCUT2D eigenvalue weighted by atomic mass is 32.1. The number of thiazole rings is 1. The summed E-state index contributed by atoms with van der Waals surface area (Å²) in [6.45, 7) is 5.92. The van der Waals surface area contributed by atoms with Gasteiger partial charge in [-0.05, 0) is 44.0 Å². The quantitative estimate of drug-likeness (QED) is 0.223. The summed E-state index contributed by atoms with van der Waals surface area (Å²) in [7, 11) is 1.54. The van der Waals surface area contributed by atoms with E-state index >= 15 is 0 Å². The molecule has 1 amide bonds. The third kappa shape index (κ3) is 3.78. The number of aryl methyl sites for hydroxylation is 3. The van der Waals surface area contributed by atoms with Crippen LogP contribution in [-0.2, 0) is 9.59 Å². The average Bonchev–Trinajstić information content (AvgIpc) is 3.37. The molecule has 6 nitrogen and oxygen atoms in total. The second-order valence-electron chi connectivity index (χ2n) is 8.70. The molecule has 2 heterocycles. The van der Waals surface area contributed by atoms with Gasteiger partial charge in [-0.1, -0.05) is 65.4 Å². The van der Waals surface area contributed by atoms with Crippen LogP contribution in [-0.4, -0.2) is 28.9 Å². The lowest BCUT2D eigenvalue weighted by atomic mass is 9.94. The van der Waals surface area contributed by atoms with Crippen molar-refractivity contribution in [1.82, 2.24) is 4.98 Å². The Morgan fingerprint density at radius 2 is 1.71 bits per heavy atom. The number of ketones is 1. The third-order valence-corrected chi connectivity index (χ3v) is 7.23. The van der Waals surface area contributed by atoms with Crippen LogP contribution in [0.5, 0.6) is 5.75 Å². The molecule has 176 valence electrons. The Bertz CT molecular complexity index is 1520. The van der Waals surface area contributed by atoms with Gasteiger partial charge in [0.15, 0.2) is 5.13 Å². The first-order chi connectivity index (χ1) is 16.8. The number of carbonyl (C=O) groups excluding carboxylic acids is 2. The summed E-state index contributed by atoms with van der Waals surface area (Å²) < 4.78 is 6.51. The number of hydrogen-bond donors (Lipinski definition) is 1. The molecule has 1 N–H and O–H groups in total. The number of Topliss-reactive ketones (excluding diaryl/α,β-unsaturated/α-hetero) is 1. The first-order valence-corrected chi connectivity index (χ1v) is 12.0. The SMILES string of the molecule is COc1ccccc1[C@H]1C(=C(O)c2ccc(C)cc2)C(=O)C(=O)N1c1nc2c(C)cc(C)cc2s1. The molecule has 1 atom stereocenters. The molecule has 0 saturated carbocycles. The minimum Gasteiger partial charge on any atom is -0.507 e. The molecule has 1 aliphatic rings. The van der Waals surface area contributed by atoms with E-state index in [4.69, 9.17) is 9.72 Å². The number of para-hydroxylation sites is 1. The molecular weight excluding hydrogens is 460 g/mol. The molecule has 4 aromatic rings. The van der Waals surface area contributed by atoms with Gasteiger partial charge < -0.3 is 9.84 Å². The molecule has 0 radical (unpaired) electrons. The zero-order chi connectivity index (χ0) is 24.9. The number of hydrogen-bond acceptors (Lipinski definition) is 6. The number of amides is 1. The fourth-order valence-corrected chi connectivity index (χ4v) is 5.71. The topological polar surface area (TPSA) is 79.7 Å². The predicted molar refractivity (Wildman–Crippen MR) is 138 cm³/mol. The molecule has 1 aromatic heterocycles. The van der Waals surface area contributed by atoms with Crippen molar-refractivity contribution >= 4 is 44.1 Å². The Hall–Kier alpha value is -3.97. The van der Waals surface area contributed by atoms with Gasteiger partial charge in [0.25, 0.3) is 5.78 Å². The van der Waals surface area contributed by atoms with E-state index in [1.165, 1.54) is 23.3 Å². The van der Waals surface area contributed by atoms with Crippen molar-refractivity contribution in [3.05, 3.63) is 94.1 Å². The Morgan fingerprint density at radius 3 is 2.43 bits per heavy atom. The maximum atomic E-state index is 13.5. The van der Waals surface area contributed by atoms with Gasteiger partial charge >= 0.3 is 5.91 Å². The molecule has 1 fully saturated rings. The monoisotopic (exact) mass is 484 g/mol. The lowest BCUT2D eigenvalue weighted by Gasteiger charge is -2.24. The van der Waals surface area contributed by atoms with Crippen molar-refractivity contribution in [2.45, 2.75) is 26.8 Å². The molecule has 0 aliphatic carbocycles. The minimum absolute atomic E-state index is 0.00973. The van der Waals surface area contributed by atoms with Crippen LogP contribution >= 0.6 is 11.3 Å². The molecule has 1 aliphatic heterocycles. The van der Waals surface area contributed by atoms with Gasteiger partial charge in [0.2, 0.25) is 0 Å². The number of ether oxygens (including phenoxy) is 1. The lowest BCUT2D eigenvalue weighted by molar-refractivity contribution is -0.132. The lowest BCUT2D eigenvalue weighted by Crippen LogP contribution is -2.29. The molecule has 3 aromatic carbocycles. The molecule has 7 heteroatoms. The van der Waals surface area contributed by atoms with Gasteiger partial charge in [0.1, 0.15) is 17.6 Å². The number of nitrogens with zero attached hydrogens (tertiary/aromatic N) is 2. The van der Waals surface area contributed by atoms with Crippen LogP contribution in [0.3, 0.4) is 0 Å². The molecule has 0 bridgehead atoms. The van der Waals surface area contributed by atoms with Crippen LogP contribution in [0.4, 0.5) is 5.13 Å². The van der Waals surface area contributed by atoms with Gasteiger partial charge in [-0.3, -0.25) is 14.5 Å². The Kier molecular flexibility index (Phi) is 5.65. The second-order valence-corrected chi connectivity index (χ2v) is 9.71. The summed E-state index contributed by atoms with van der Waals surface area (Å²) in [5.74, 6) is -1.21. The van der Waals surface area contributed by atoms with E-state index in [9.17, 15) is 14.7 Å². The first kappa shape index (κ1) is 22.8. The van der Waals surface area contributed by atoms with Gasteiger partial charge in [0.05, 0.1) is 22.9 Å². The highest BCUT2D eigenvalue weighted by Crippen LogP contribution is 2.46. The molecule has 5 rings (SSSR count). The van der Waals surface area contributed by atoms with Crippen LogP contribution in [0.25, 0.3) is 16.0 Å². The maximum Gasteiger partial charge on any atom is 0.301 e. The molecule has 35 heavy (non-hydrogen) atoms. The van der Waals surface area contributed by atoms with Crippen molar-refractivity contribution in [2.24, 2.45) is 0 Å². The zero-order valence-corrected chi connectivity index (χ0v) is 20.6. The van der Waals surface area contributed by atoms with Crippen LogP contribution in [0, 0.1) is 20.8 Å². The predicted octanol–water partition coefficient (Wildman–Crippen LogP) is 5.86. The van der Waals surface area contributed by atoms with Crippen molar-refractivity contribution in [3.63, 3.8) is 0 Å². The highest BCUT2D eigenvalue weighted by molar-refractivity contribution is 7.22. The largest absolute Gasteiger partial charge is 0.507 e. The number of aromatic nitrogens is 1. The summed E-state index contributed by atoms with van der Waals surface area (Å²) in [6.07, 6.45) is 0. The standard InChI is InChI=1S/C28H24N2O4S/c1-15-9-11-18(12-10-15)25(31)22-24(19-7-5-6-8-20(19)34-4)30(27(33)26(22)32)28-29-23-17(3)13-16(2)14-21(23)35-28/h5-14,24,31H,1-4H3/t24-/m0/s1. The van der Waals surface area contributed by atoms with E-state index in [-0.39, 0.29) is 11.3 Å². The van der Waals surface area contributed by atoms with Gasteiger partial charge in [-0.2, -0.15) is 0 Å². The number of fused-ring (bicyclic) bond motifs is 1. The fourth-order valence-electron chi connectivity index (χ4n) is 4.55. The number of methoxy groups -OCH3 is 1. The Balaban J connectivity index is 1.77. The highest BCUT2D eigenvalue weighted by Gasteiger charge is 2.49. The number of rotatable bonds is 4. The summed E-state index contributed by atoms with van der Waals surface area (Å²) >= 11 is 1.35. The summed E-state index contributed by atoms with van der Waals surface area (Å²) in [5, 5.41) is 11.7. The van der Waals surface area contributed by atoms with E-state index in [1.54, 1.807) is 24.3 Å². The van der Waals surface area contributed by atoms with E-state index in [2.05, 4.69) is 0 Å². The van der Waals surface area contributed by atoms with Crippen molar-refractivity contribution in [3.8, 4) is 5.75 Å². The molecular formula is C28H24N2O4S. The minimum atomic E-state index is -0.894. The van der Waals surface area contributed by atoms with Gasteiger partial charge in [-0.25, -0.2) is 4.98 Å². The van der Waals surface area contributed by atoms with Crippen LogP contribution in [0.1, 0.15) is 33.9 Å². The summed E-state index contributed by atoms with van der Waals surface area (Å²) in [5.41, 5.74) is 4.95. The Morgan fingerprint density at radius 1 is 1.00 bits per heavy atom. The Labute approximate surface area is 207 Å². The third-order valence-electron chi connectivity index (χ3n) is 6.23. The van der Waals surface area contributed by atoms with Crippen LogP contribution in [0.2, 0.25) is 0 Å². The first-order valence-electron chi connectivity index (χ1n) is 11.2. The van der Waals surface area contributed by atoms with E-state index < -0.39 is 17.7 Å². The molecule has 0 unspecified atom stereocenters. The molecule has 0 spiro atoms. The van der Waals surface area contributed by atoms with Crippen LogP contribution in [0.15, 0.2) is 66.2 Å². The summed E-state index contributed by atoms with van der Waals surface area (Å²) in [6, 6.07) is 17.5. The normalized spacial score (nSPS) is 17.4. The number of aliphatic hydroxyl groups is 1. The average molecular weight is 485 g/mol. The van der Waals surface area contributed by atoms with Gasteiger partial charge in [-0.15, -0.1) is 0 Å². The number of aliphatic hydroxyl groups excluding tert-OH is 1.